The van der Waals surface area contributed by atoms with E-state index in [1.807, 2.05) is 11.3 Å². The van der Waals surface area contributed by atoms with Gasteiger partial charge in [-0.15, -0.1) is 11.3 Å². The highest BCUT2D eigenvalue weighted by molar-refractivity contribution is 7.99. The Kier molecular flexibility index (Phi) is 3.30. The van der Waals surface area contributed by atoms with E-state index < -0.39 is 0 Å². The van der Waals surface area contributed by atoms with Gasteiger partial charge in [-0.1, -0.05) is 6.07 Å². The molecule has 13 heavy (non-hydrogen) atoms. The fourth-order valence-electron chi connectivity index (χ4n) is 1.81. The third-order valence-corrected chi connectivity index (χ3v) is 4.77. The Balaban J connectivity index is 1.94. The van der Waals surface area contributed by atoms with E-state index in [1.54, 1.807) is 0 Å². The number of hydrogen-bond acceptors (Lipinski definition) is 3. The maximum atomic E-state index is 3.41. The second kappa shape index (κ2) is 4.49. The second-order valence-electron chi connectivity index (χ2n) is 3.48. The summed E-state index contributed by atoms with van der Waals surface area (Å²) in [7, 11) is 2.08. The van der Waals surface area contributed by atoms with Crippen molar-refractivity contribution in [3.8, 4) is 0 Å². The molecule has 1 N–H and O–H groups in total. The van der Waals surface area contributed by atoms with Crippen LogP contribution in [-0.4, -0.2) is 24.6 Å². The van der Waals surface area contributed by atoms with Crippen molar-refractivity contribution in [1.29, 1.82) is 0 Å². The van der Waals surface area contributed by atoms with Crippen molar-refractivity contribution in [2.24, 2.45) is 5.92 Å². The molecule has 2 unspecified atom stereocenters. The van der Waals surface area contributed by atoms with Crippen molar-refractivity contribution >= 4 is 23.1 Å². The second-order valence-corrected chi connectivity index (χ2v) is 5.58. The van der Waals surface area contributed by atoms with E-state index in [-0.39, 0.29) is 0 Å². The van der Waals surface area contributed by atoms with Crippen molar-refractivity contribution in [3.05, 3.63) is 22.4 Å². The Bertz CT molecular complexity index is 245. The highest BCUT2D eigenvalue weighted by Crippen LogP contribution is 2.28. The van der Waals surface area contributed by atoms with E-state index in [0.29, 0.717) is 0 Å². The van der Waals surface area contributed by atoms with E-state index in [4.69, 9.17) is 0 Å². The van der Waals surface area contributed by atoms with Crippen LogP contribution in [0, 0.1) is 5.92 Å². The molecule has 3 heteroatoms. The monoisotopic (exact) mass is 213 g/mol. The van der Waals surface area contributed by atoms with E-state index in [9.17, 15) is 0 Å². The molecule has 1 fully saturated rings. The van der Waals surface area contributed by atoms with E-state index in [1.165, 1.54) is 22.8 Å². The van der Waals surface area contributed by atoms with Crippen molar-refractivity contribution in [2.45, 2.75) is 12.5 Å². The van der Waals surface area contributed by atoms with Gasteiger partial charge in [0.05, 0.1) is 0 Å². The zero-order chi connectivity index (χ0) is 9.10. The molecule has 0 saturated carbocycles. The average Bonchev–Trinajstić information content (AvgIpc) is 2.76. The summed E-state index contributed by atoms with van der Waals surface area (Å²) in [5.74, 6) is 3.45. The molecule has 0 bridgehead atoms. The molecule has 0 aromatic carbocycles. The van der Waals surface area contributed by atoms with Gasteiger partial charge in [-0.2, -0.15) is 11.8 Å². The molecule has 0 spiro atoms. The molecule has 1 saturated heterocycles. The fraction of sp³-hybridized carbons (Fsp3) is 0.600. The first kappa shape index (κ1) is 9.56. The van der Waals surface area contributed by atoms with Gasteiger partial charge in [0.2, 0.25) is 0 Å². The lowest BCUT2D eigenvalue weighted by atomic mass is 9.99. The molecular formula is C10H15NS2. The average molecular weight is 213 g/mol. The summed E-state index contributed by atoms with van der Waals surface area (Å²) < 4.78 is 0. The third-order valence-electron chi connectivity index (χ3n) is 2.61. The Labute approximate surface area is 87.9 Å². The van der Waals surface area contributed by atoms with E-state index in [2.05, 4.69) is 41.6 Å². The largest absolute Gasteiger partial charge is 0.316 e. The minimum Gasteiger partial charge on any atom is -0.316 e. The maximum absolute atomic E-state index is 3.41. The lowest BCUT2D eigenvalue weighted by Gasteiger charge is -2.16. The van der Waals surface area contributed by atoms with Crippen LogP contribution in [0.3, 0.4) is 0 Å². The molecule has 0 amide bonds. The van der Waals surface area contributed by atoms with E-state index >= 15 is 0 Å². The molecule has 2 atom stereocenters. The first-order chi connectivity index (χ1) is 6.40. The highest BCUT2D eigenvalue weighted by Gasteiger charge is 2.26. The summed E-state index contributed by atoms with van der Waals surface area (Å²) in [5, 5.41) is 5.58. The Morgan fingerprint density at radius 2 is 2.46 bits per heavy atom. The lowest BCUT2D eigenvalue weighted by molar-refractivity contribution is 0.456. The van der Waals surface area contributed by atoms with Crippen LogP contribution in [0.2, 0.25) is 0 Å². The number of hydrogen-bond donors (Lipinski definition) is 1. The number of thiophene rings is 1. The van der Waals surface area contributed by atoms with Gasteiger partial charge in [0.25, 0.3) is 0 Å². The summed E-state index contributed by atoms with van der Waals surface area (Å²) in [6.45, 7) is 0. The van der Waals surface area contributed by atoms with Gasteiger partial charge >= 0.3 is 0 Å². The quantitative estimate of drug-likeness (QED) is 0.826. The van der Waals surface area contributed by atoms with Crippen LogP contribution < -0.4 is 5.32 Å². The molecule has 1 aliphatic rings. The van der Waals surface area contributed by atoms with Gasteiger partial charge in [0.15, 0.2) is 0 Å². The first-order valence-corrected chi connectivity index (χ1v) is 6.71. The molecule has 2 rings (SSSR count). The smallest absolute Gasteiger partial charge is 0.0194 e. The van der Waals surface area contributed by atoms with Crippen LogP contribution in [0.25, 0.3) is 0 Å². The lowest BCUT2D eigenvalue weighted by Crippen LogP contribution is -2.33. The van der Waals surface area contributed by atoms with Gasteiger partial charge in [0.1, 0.15) is 0 Å². The van der Waals surface area contributed by atoms with Crippen LogP contribution in [0.15, 0.2) is 17.5 Å². The molecule has 72 valence electrons. The molecule has 0 aliphatic carbocycles. The van der Waals surface area contributed by atoms with Gasteiger partial charge in [0, 0.05) is 16.7 Å². The summed E-state index contributed by atoms with van der Waals surface area (Å²) >= 11 is 3.96. The number of thioether (sulfide) groups is 1. The summed E-state index contributed by atoms with van der Waals surface area (Å²) in [4.78, 5) is 1.53. The Morgan fingerprint density at radius 1 is 1.54 bits per heavy atom. The van der Waals surface area contributed by atoms with Crippen molar-refractivity contribution in [3.63, 3.8) is 0 Å². The Hall–Kier alpha value is 0.01000. The van der Waals surface area contributed by atoms with Crippen LogP contribution in [0.5, 0.6) is 0 Å². The molecule has 0 radical (unpaired) electrons. The third kappa shape index (κ3) is 2.27. The van der Waals surface area contributed by atoms with Crippen molar-refractivity contribution < 1.29 is 0 Å². The predicted octanol–water partition coefficient (Wildman–Crippen LogP) is 2.24. The standard InChI is InChI=1S/C10H15NS2/c1-11-10-7-12-6-8(10)5-9-3-2-4-13-9/h2-4,8,10-11H,5-7H2,1H3. The SMILES string of the molecule is CNC1CSCC1Cc1cccs1. The van der Waals surface area contributed by atoms with Crippen LogP contribution in [-0.2, 0) is 6.42 Å². The van der Waals surface area contributed by atoms with Crippen molar-refractivity contribution in [2.75, 3.05) is 18.6 Å². The number of rotatable bonds is 3. The maximum Gasteiger partial charge on any atom is 0.0194 e. The van der Waals surface area contributed by atoms with Crippen LogP contribution in [0.1, 0.15) is 4.88 Å². The van der Waals surface area contributed by atoms with Crippen LogP contribution >= 0.6 is 23.1 Å². The van der Waals surface area contributed by atoms with Crippen LogP contribution in [0.4, 0.5) is 0 Å². The minimum atomic E-state index is 0.729. The molecule has 2 heterocycles. The Morgan fingerprint density at radius 3 is 3.15 bits per heavy atom. The molecule has 1 aliphatic heterocycles. The normalized spacial score (nSPS) is 28.1. The van der Waals surface area contributed by atoms with Gasteiger partial charge in [-0.25, -0.2) is 0 Å². The van der Waals surface area contributed by atoms with Gasteiger partial charge in [-0.3, -0.25) is 0 Å². The summed E-state index contributed by atoms with van der Waals surface area (Å²) in [6, 6.07) is 5.13. The molecular weight excluding hydrogens is 198 g/mol. The van der Waals surface area contributed by atoms with E-state index in [0.717, 1.165) is 12.0 Å². The van der Waals surface area contributed by atoms with Gasteiger partial charge in [-0.05, 0) is 36.6 Å². The topological polar surface area (TPSA) is 12.0 Å². The number of nitrogens with one attached hydrogen (secondary N) is 1. The highest BCUT2D eigenvalue weighted by atomic mass is 32.2. The zero-order valence-corrected chi connectivity index (χ0v) is 9.46. The fourth-order valence-corrected chi connectivity index (χ4v) is 4.09. The predicted molar refractivity (Wildman–Crippen MR) is 61.7 cm³/mol. The summed E-state index contributed by atoms with van der Waals surface area (Å²) in [5.41, 5.74) is 0. The minimum absolute atomic E-state index is 0.729. The zero-order valence-electron chi connectivity index (χ0n) is 7.82. The molecule has 1 nitrogen and oxygen atoms in total. The molecule has 1 aromatic heterocycles. The summed E-state index contributed by atoms with van der Waals surface area (Å²) in [6.07, 6.45) is 1.26. The van der Waals surface area contributed by atoms with Crippen molar-refractivity contribution in [1.82, 2.24) is 5.32 Å². The van der Waals surface area contributed by atoms with Gasteiger partial charge < -0.3 is 5.32 Å². The first-order valence-electron chi connectivity index (χ1n) is 4.67. The molecule has 1 aromatic rings.